The van der Waals surface area contributed by atoms with Crippen molar-refractivity contribution in [2.75, 3.05) is 19.7 Å². The Balaban J connectivity index is 1.59. The van der Waals surface area contributed by atoms with Gasteiger partial charge in [-0.1, -0.05) is 37.3 Å². The smallest absolute Gasteiger partial charge is 0.309 e. The number of carbonyl (C=O) groups excluding carboxylic acids is 2. The predicted molar refractivity (Wildman–Crippen MR) is 112 cm³/mol. The SMILES string of the molecule is O=C(NC[C@H]1OCCCN1S(=O)(=O)c1ccc(Cl)cc1)C(=O)NC1CCCCCC1. The highest BCUT2D eigenvalue weighted by atomic mass is 35.5. The highest BCUT2D eigenvalue weighted by Crippen LogP contribution is 2.23. The molecule has 0 aromatic heterocycles. The van der Waals surface area contributed by atoms with Crippen LogP contribution in [0.1, 0.15) is 44.9 Å². The second kappa shape index (κ2) is 10.6. The first-order chi connectivity index (χ1) is 14.4. The van der Waals surface area contributed by atoms with Crippen LogP contribution in [0.15, 0.2) is 29.2 Å². The summed E-state index contributed by atoms with van der Waals surface area (Å²) in [5.74, 6) is -1.47. The molecule has 8 nitrogen and oxygen atoms in total. The van der Waals surface area contributed by atoms with E-state index in [0.717, 1.165) is 38.5 Å². The molecule has 2 N–H and O–H groups in total. The van der Waals surface area contributed by atoms with Crippen LogP contribution in [0.4, 0.5) is 0 Å². The summed E-state index contributed by atoms with van der Waals surface area (Å²) in [4.78, 5) is 24.6. The monoisotopic (exact) mass is 457 g/mol. The molecule has 2 fully saturated rings. The van der Waals surface area contributed by atoms with Crippen LogP contribution in [0.3, 0.4) is 0 Å². The number of sulfonamides is 1. The van der Waals surface area contributed by atoms with Gasteiger partial charge in [-0.25, -0.2) is 8.42 Å². The van der Waals surface area contributed by atoms with Gasteiger partial charge in [0, 0.05) is 17.6 Å². The lowest BCUT2D eigenvalue weighted by atomic mass is 10.1. The summed E-state index contributed by atoms with van der Waals surface area (Å²) in [6.07, 6.45) is 5.79. The zero-order chi connectivity index (χ0) is 21.6. The molecule has 30 heavy (non-hydrogen) atoms. The number of amides is 2. The van der Waals surface area contributed by atoms with Crippen molar-refractivity contribution in [3.63, 3.8) is 0 Å². The van der Waals surface area contributed by atoms with Crippen molar-refractivity contribution < 1.29 is 22.7 Å². The third kappa shape index (κ3) is 5.94. The maximum Gasteiger partial charge on any atom is 0.309 e. The first-order valence-electron chi connectivity index (χ1n) is 10.4. The highest BCUT2D eigenvalue weighted by Gasteiger charge is 2.35. The van der Waals surface area contributed by atoms with Crippen LogP contribution < -0.4 is 10.6 Å². The second-order valence-electron chi connectivity index (χ2n) is 7.62. The Morgan fingerprint density at radius 2 is 1.70 bits per heavy atom. The maximum absolute atomic E-state index is 13.0. The summed E-state index contributed by atoms with van der Waals surface area (Å²) >= 11 is 5.85. The summed E-state index contributed by atoms with van der Waals surface area (Å²) in [7, 11) is -3.83. The van der Waals surface area contributed by atoms with Gasteiger partial charge in [0.25, 0.3) is 0 Å². The van der Waals surface area contributed by atoms with Crippen LogP contribution in [0, 0.1) is 0 Å². The van der Waals surface area contributed by atoms with Crippen LogP contribution >= 0.6 is 11.6 Å². The molecule has 3 rings (SSSR count). The van der Waals surface area contributed by atoms with Gasteiger partial charge in [0.05, 0.1) is 18.0 Å². The average molecular weight is 458 g/mol. The molecule has 0 bridgehead atoms. The number of hydrogen-bond donors (Lipinski definition) is 2. The number of carbonyl (C=O) groups is 2. The van der Waals surface area contributed by atoms with Crippen LogP contribution in [0.2, 0.25) is 5.02 Å². The Hall–Kier alpha value is -1.68. The number of halogens is 1. The van der Waals surface area contributed by atoms with Gasteiger partial charge in [-0.2, -0.15) is 4.31 Å². The summed E-state index contributed by atoms with van der Waals surface area (Å²) < 4.78 is 32.8. The van der Waals surface area contributed by atoms with Crippen LogP contribution in [-0.4, -0.2) is 56.5 Å². The second-order valence-corrected chi connectivity index (χ2v) is 9.95. The van der Waals surface area contributed by atoms with Crippen molar-refractivity contribution in [3.05, 3.63) is 29.3 Å². The van der Waals surface area contributed by atoms with Crippen molar-refractivity contribution in [1.29, 1.82) is 0 Å². The molecule has 1 aromatic carbocycles. The van der Waals surface area contributed by atoms with Gasteiger partial charge in [-0.3, -0.25) is 9.59 Å². The van der Waals surface area contributed by atoms with Gasteiger partial charge in [0.2, 0.25) is 10.0 Å². The van der Waals surface area contributed by atoms with E-state index >= 15 is 0 Å². The third-order valence-corrected chi connectivity index (χ3v) is 7.56. The van der Waals surface area contributed by atoms with E-state index in [1.54, 1.807) is 0 Å². The van der Waals surface area contributed by atoms with Crippen LogP contribution in [-0.2, 0) is 24.3 Å². The minimum Gasteiger partial charge on any atom is -0.360 e. The van der Waals surface area contributed by atoms with Crippen LogP contribution in [0.5, 0.6) is 0 Å². The molecule has 2 aliphatic rings. The number of benzene rings is 1. The van der Waals surface area contributed by atoms with E-state index in [1.165, 1.54) is 28.6 Å². The Bertz CT molecular complexity index is 839. The third-order valence-electron chi connectivity index (χ3n) is 5.41. The quantitative estimate of drug-likeness (QED) is 0.520. The zero-order valence-corrected chi connectivity index (χ0v) is 18.4. The minimum atomic E-state index is -3.83. The summed E-state index contributed by atoms with van der Waals surface area (Å²) in [5.41, 5.74) is 0. The Morgan fingerprint density at radius 1 is 1.03 bits per heavy atom. The predicted octanol–water partition coefficient (Wildman–Crippen LogP) is 2.03. The lowest BCUT2D eigenvalue weighted by molar-refractivity contribution is -0.140. The molecule has 1 atom stereocenters. The zero-order valence-electron chi connectivity index (χ0n) is 16.8. The molecule has 1 saturated heterocycles. The van der Waals surface area contributed by atoms with E-state index in [2.05, 4.69) is 10.6 Å². The average Bonchev–Trinajstić information content (AvgIpc) is 3.01. The van der Waals surface area contributed by atoms with Gasteiger partial charge in [0.1, 0.15) is 6.23 Å². The lowest BCUT2D eigenvalue weighted by Gasteiger charge is -2.34. The highest BCUT2D eigenvalue weighted by molar-refractivity contribution is 7.89. The molecule has 1 aliphatic heterocycles. The first-order valence-corrected chi connectivity index (χ1v) is 12.2. The molecule has 0 spiro atoms. The van der Waals surface area contributed by atoms with Gasteiger partial charge in [-0.15, -0.1) is 0 Å². The van der Waals surface area contributed by atoms with Crippen molar-refractivity contribution in [3.8, 4) is 0 Å². The maximum atomic E-state index is 13.0. The Kier molecular flexibility index (Phi) is 8.10. The molecule has 1 aromatic rings. The van der Waals surface area contributed by atoms with E-state index in [-0.39, 0.29) is 24.0 Å². The molecule has 0 radical (unpaired) electrons. The summed E-state index contributed by atoms with van der Waals surface area (Å²) in [6, 6.07) is 5.89. The fourth-order valence-corrected chi connectivity index (χ4v) is 5.47. The van der Waals surface area contributed by atoms with Crippen molar-refractivity contribution in [2.45, 2.75) is 62.1 Å². The molecule has 10 heteroatoms. The van der Waals surface area contributed by atoms with Gasteiger partial charge in [0.15, 0.2) is 0 Å². The molecular weight excluding hydrogens is 430 g/mol. The standard InChI is InChI=1S/C20H28ClN3O5S/c21-15-8-10-17(11-9-15)30(27,28)24-12-5-13-29-18(24)14-22-19(25)20(26)23-16-6-3-1-2-4-7-16/h8-11,16,18H,1-7,12-14H2,(H,22,25)(H,23,26)/t18-/m1/s1. The van der Waals surface area contributed by atoms with Gasteiger partial charge < -0.3 is 15.4 Å². The minimum absolute atomic E-state index is 0.0125. The number of ether oxygens (including phenoxy) is 1. The van der Waals surface area contributed by atoms with Gasteiger partial charge >= 0.3 is 11.8 Å². The summed E-state index contributed by atoms with van der Waals surface area (Å²) in [6.45, 7) is 0.533. The van der Waals surface area contributed by atoms with Crippen molar-refractivity contribution >= 4 is 33.4 Å². The van der Waals surface area contributed by atoms with E-state index in [1.807, 2.05) is 0 Å². The van der Waals surface area contributed by atoms with Crippen molar-refractivity contribution in [2.24, 2.45) is 0 Å². The molecule has 1 heterocycles. The molecule has 1 aliphatic carbocycles. The molecule has 0 unspecified atom stereocenters. The van der Waals surface area contributed by atoms with E-state index < -0.39 is 28.1 Å². The number of nitrogens with one attached hydrogen (secondary N) is 2. The largest absolute Gasteiger partial charge is 0.360 e. The molecule has 2 amide bonds. The molecule has 166 valence electrons. The number of hydrogen-bond acceptors (Lipinski definition) is 5. The topological polar surface area (TPSA) is 105 Å². The van der Waals surface area contributed by atoms with E-state index in [4.69, 9.17) is 16.3 Å². The van der Waals surface area contributed by atoms with E-state index in [9.17, 15) is 18.0 Å². The Morgan fingerprint density at radius 3 is 2.37 bits per heavy atom. The number of rotatable bonds is 5. The van der Waals surface area contributed by atoms with Gasteiger partial charge in [-0.05, 0) is 43.5 Å². The van der Waals surface area contributed by atoms with Crippen molar-refractivity contribution in [1.82, 2.24) is 14.9 Å². The Labute approximate surface area is 182 Å². The number of nitrogens with zero attached hydrogens (tertiary/aromatic N) is 1. The fourth-order valence-electron chi connectivity index (χ4n) is 3.78. The first kappa shape index (κ1) is 23.0. The fraction of sp³-hybridized carbons (Fsp3) is 0.600. The molecular formula is C20H28ClN3O5S. The molecule has 1 saturated carbocycles. The van der Waals surface area contributed by atoms with E-state index in [0.29, 0.717) is 18.1 Å². The summed E-state index contributed by atoms with van der Waals surface area (Å²) in [5, 5.41) is 5.74. The normalized spacial score (nSPS) is 21.6. The lowest BCUT2D eigenvalue weighted by Crippen LogP contribution is -2.53. The van der Waals surface area contributed by atoms with Crippen LogP contribution in [0.25, 0.3) is 0 Å².